The minimum atomic E-state index is -0.998. The van der Waals surface area contributed by atoms with E-state index in [2.05, 4.69) is 0 Å². The van der Waals surface area contributed by atoms with Gasteiger partial charge in [0.2, 0.25) is 0 Å². The van der Waals surface area contributed by atoms with Crippen molar-refractivity contribution in [1.82, 2.24) is 4.90 Å². The van der Waals surface area contributed by atoms with Crippen molar-refractivity contribution < 1.29 is 14.7 Å². The second kappa shape index (κ2) is 4.80. The molecule has 0 aliphatic heterocycles. The van der Waals surface area contributed by atoms with E-state index < -0.39 is 5.97 Å². The monoisotopic (exact) mass is 247 g/mol. The second-order valence-corrected chi connectivity index (χ2v) is 4.72. The maximum absolute atomic E-state index is 12.3. The van der Waals surface area contributed by atoms with E-state index in [1.807, 2.05) is 11.8 Å². The van der Waals surface area contributed by atoms with Crippen LogP contribution in [0.15, 0.2) is 18.2 Å². The highest BCUT2D eigenvalue weighted by Crippen LogP contribution is 2.28. The van der Waals surface area contributed by atoms with E-state index in [1.165, 1.54) is 6.07 Å². The SMILES string of the molecule is CCN(C(=O)c1cc(C)cc(C(=O)O)c1)C1CC1. The van der Waals surface area contributed by atoms with Gasteiger partial charge in [0.05, 0.1) is 5.56 Å². The summed E-state index contributed by atoms with van der Waals surface area (Å²) < 4.78 is 0. The molecule has 1 aliphatic carbocycles. The van der Waals surface area contributed by atoms with Gasteiger partial charge in [0, 0.05) is 18.2 Å². The van der Waals surface area contributed by atoms with Gasteiger partial charge in [0.1, 0.15) is 0 Å². The predicted molar refractivity (Wildman–Crippen MR) is 67.9 cm³/mol. The van der Waals surface area contributed by atoms with Gasteiger partial charge in [-0.3, -0.25) is 4.79 Å². The Labute approximate surface area is 106 Å². The van der Waals surface area contributed by atoms with E-state index in [4.69, 9.17) is 5.11 Å². The normalized spacial score (nSPS) is 14.3. The topological polar surface area (TPSA) is 57.6 Å². The summed E-state index contributed by atoms with van der Waals surface area (Å²) in [6.07, 6.45) is 2.11. The first-order valence-corrected chi connectivity index (χ1v) is 6.19. The van der Waals surface area contributed by atoms with Crippen molar-refractivity contribution in [2.75, 3.05) is 6.54 Å². The minimum Gasteiger partial charge on any atom is -0.478 e. The molecule has 0 unspecified atom stereocenters. The van der Waals surface area contributed by atoms with Crippen molar-refractivity contribution in [1.29, 1.82) is 0 Å². The first-order chi connectivity index (χ1) is 8.52. The third-order valence-corrected chi connectivity index (χ3v) is 3.16. The van der Waals surface area contributed by atoms with Gasteiger partial charge >= 0.3 is 5.97 Å². The zero-order valence-corrected chi connectivity index (χ0v) is 10.6. The van der Waals surface area contributed by atoms with Crippen molar-refractivity contribution in [3.05, 3.63) is 34.9 Å². The quantitative estimate of drug-likeness (QED) is 0.888. The molecular weight excluding hydrogens is 230 g/mol. The molecular formula is C14H17NO3. The Balaban J connectivity index is 2.31. The van der Waals surface area contributed by atoms with Crippen LogP contribution in [0.1, 0.15) is 46.0 Å². The predicted octanol–water partition coefficient (Wildman–Crippen LogP) is 2.32. The standard InChI is InChI=1S/C14H17NO3/c1-3-15(12-4-5-12)13(16)10-6-9(2)7-11(8-10)14(17)18/h6-8,12H,3-5H2,1-2H3,(H,17,18). The lowest BCUT2D eigenvalue weighted by atomic mass is 10.1. The number of hydrogen-bond donors (Lipinski definition) is 1. The van der Waals surface area contributed by atoms with Crippen LogP contribution in [0.2, 0.25) is 0 Å². The fourth-order valence-electron chi connectivity index (χ4n) is 2.15. The molecule has 0 atom stereocenters. The van der Waals surface area contributed by atoms with Crippen LogP contribution in [0.3, 0.4) is 0 Å². The molecule has 4 nitrogen and oxygen atoms in total. The molecule has 1 fully saturated rings. The highest BCUT2D eigenvalue weighted by atomic mass is 16.4. The molecule has 0 bridgehead atoms. The van der Waals surface area contributed by atoms with Gasteiger partial charge in [-0.2, -0.15) is 0 Å². The highest BCUT2D eigenvalue weighted by molar-refractivity contribution is 5.98. The van der Waals surface area contributed by atoms with Gasteiger partial charge < -0.3 is 10.0 Å². The number of nitrogens with zero attached hydrogens (tertiary/aromatic N) is 1. The lowest BCUT2D eigenvalue weighted by Crippen LogP contribution is -2.33. The molecule has 1 amide bonds. The first kappa shape index (κ1) is 12.6. The van der Waals surface area contributed by atoms with Crippen LogP contribution in [0.4, 0.5) is 0 Å². The maximum atomic E-state index is 12.3. The molecule has 0 heterocycles. The van der Waals surface area contributed by atoms with Gasteiger partial charge in [-0.05, 0) is 50.5 Å². The largest absolute Gasteiger partial charge is 0.478 e. The number of carboxylic acids is 1. The van der Waals surface area contributed by atoms with Crippen LogP contribution in [-0.2, 0) is 0 Å². The Morgan fingerprint density at radius 2 is 1.89 bits per heavy atom. The Morgan fingerprint density at radius 3 is 2.39 bits per heavy atom. The molecule has 0 radical (unpaired) electrons. The van der Waals surface area contributed by atoms with E-state index in [-0.39, 0.29) is 11.5 Å². The molecule has 1 aromatic rings. The zero-order chi connectivity index (χ0) is 13.3. The molecule has 4 heteroatoms. The van der Waals surface area contributed by atoms with Crippen LogP contribution >= 0.6 is 0 Å². The lowest BCUT2D eigenvalue weighted by Gasteiger charge is -2.20. The van der Waals surface area contributed by atoms with Crippen LogP contribution in [-0.4, -0.2) is 34.5 Å². The number of rotatable bonds is 4. The van der Waals surface area contributed by atoms with Gasteiger partial charge in [-0.15, -0.1) is 0 Å². The van der Waals surface area contributed by atoms with Crippen LogP contribution in [0.5, 0.6) is 0 Å². The first-order valence-electron chi connectivity index (χ1n) is 6.19. The number of hydrogen-bond acceptors (Lipinski definition) is 2. The molecule has 1 aromatic carbocycles. The summed E-state index contributed by atoms with van der Waals surface area (Å²) in [6.45, 7) is 4.42. The number of carboxylic acid groups (broad SMARTS) is 1. The van der Waals surface area contributed by atoms with E-state index >= 15 is 0 Å². The summed E-state index contributed by atoms with van der Waals surface area (Å²) in [4.78, 5) is 25.1. The maximum Gasteiger partial charge on any atom is 0.335 e. The number of benzene rings is 1. The number of aryl methyl sites for hydroxylation is 1. The summed E-state index contributed by atoms with van der Waals surface area (Å²) >= 11 is 0. The van der Waals surface area contributed by atoms with Gasteiger partial charge in [0.15, 0.2) is 0 Å². The number of carbonyl (C=O) groups excluding carboxylic acids is 1. The van der Waals surface area contributed by atoms with Gasteiger partial charge in [-0.1, -0.05) is 0 Å². The fraction of sp³-hybridized carbons (Fsp3) is 0.429. The van der Waals surface area contributed by atoms with Crippen molar-refractivity contribution in [3.8, 4) is 0 Å². The van der Waals surface area contributed by atoms with E-state index in [0.29, 0.717) is 18.2 Å². The molecule has 96 valence electrons. The highest BCUT2D eigenvalue weighted by Gasteiger charge is 2.32. The molecule has 0 spiro atoms. The van der Waals surface area contributed by atoms with Crippen LogP contribution < -0.4 is 0 Å². The molecule has 0 aromatic heterocycles. The van der Waals surface area contributed by atoms with E-state index in [1.54, 1.807) is 19.1 Å². The zero-order valence-electron chi connectivity index (χ0n) is 10.6. The Morgan fingerprint density at radius 1 is 1.28 bits per heavy atom. The summed E-state index contributed by atoms with van der Waals surface area (Å²) in [5, 5.41) is 9.01. The number of amides is 1. The molecule has 18 heavy (non-hydrogen) atoms. The molecule has 0 saturated heterocycles. The van der Waals surface area contributed by atoms with Crippen molar-refractivity contribution in [3.63, 3.8) is 0 Å². The Hall–Kier alpha value is -1.84. The Bertz CT molecular complexity index is 492. The second-order valence-electron chi connectivity index (χ2n) is 4.72. The fourth-order valence-corrected chi connectivity index (χ4v) is 2.15. The molecule has 1 aliphatic rings. The average Bonchev–Trinajstić information content (AvgIpc) is 3.13. The molecule has 2 rings (SSSR count). The third kappa shape index (κ3) is 2.53. The van der Waals surface area contributed by atoms with Crippen LogP contribution in [0.25, 0.3) is 0 Å². The average molecular weight is 247 g/mol. The lowest BCUT2D eigenvalue weighted by molar-refractivity contribution is 0.0696. The van der Waals surface area contributed by atoms with Gasteiger partial charge in [0.25, 0.3) is 5.91 Å². The van der Waals surface area contributed by atoms with E-state index in [9.17, 15) is 9.59 Å². The smallest absolute Gasteiger partial charge is 0.335 e. The summed E-state index contributed by atoms with van der Waals surface area (Å²) in [5.41, 5.74) is 1.44. The molecule has 1 saturated carbocycles. The van der Waals surface area contributed by atoms with Gasteiger partial charge in [-0.25, -0.2) is 4.79 Å². The summed E-state index contributed by atoms with van der Waals surface area (Å²) in [6, 6.07) is 5.13. The van der Waals surface area contributed by atoms with Crippen molar-refractivity contribution in [2.45, 2.75) is 32.7 Å². The number of aromatic carboxylic acids is 1. The Kier molecular flexibility index (Phi) is 3.36. The van der Waals surface area contributed by atoms with Crippen LogP contribution in [0, 0.1) is 6.92 Å². The van der Waals surface area contributed by atoms with E-state index in [0.717, 1.165) is 18.4 Å². The number of carbonyl (C=O) groups is 2. The van der Waals surface area contributed by atoms with Crippen molar-refractivity contribution in [2.24, 2.45) is 0 Å². The third-order valence-electron chi connectivity index (χ3n) is 3.16. The molecule has 1 N–H and O–H groups in total. The summed E-state index contributed by atoms with van der Waals surface area (Å²) in [7, 11) is 0. The van der Waals surface area contributed by atoms with Crippen molar-refractivity contribution >= 4 is 11.9 Å². The summed E-state index contributed by atoms with van der Waals surface area (Å²) in [5.74, 6) is -1.06. The minimum absolute atomic E-state index is 0.0637.